The number of carbonyl (C=O) groups is 2. The number of carbonyl (C=O) groups excluding carboxylic acids is 2. The molecule has 1 amide bonds. The third kappa shape index (κ3) is 4.17. The molecule has 0 bridgehead atoms. The van der Waals surface area contributed by atoms with Gasteiger partial charge in [0.25, 0.3) is 5.91 Å². The monoisotopic (exact) mass is 280 g/mol. The van der Waals surface area contributed by atoms with Crippen LogP contribution in [0.15, 0.2) is 30.1 Å². The number of ketones is 1. The fourth-order valence-corrected chi connectivity index (χ4v) is 1.92. The van der Waals surface area contributed by atoms with Crippen molar-refractivity contribution in [2.24, 2.45) is 0 Å². The molecule has 19 heavy (non-hydrogen) atoms. The summed E-state index contributed by atoms with van der Waals surface area (Å²) in [5.74, 6) is -0.335. The van der Waals surface area contributed by atoms with Gasteiger partial charge in [0.2, 0.25) is 0 Å². The van der Waals surface area contributed by atoms with Crippen LogP contribution >= 0.6 is 11.6 Å². The van der Waals surface area contributed by atoms with Gasteiger partial charge >= 0.3 is 0 Å². The summed E-state index contributed by atoms with van der Waals surface area (Å²) >= 11 is 5.93. The number of hydrogen-bond acceptors (Lipinski definition) is 3. The van der Waals surface area contributed by atoms with E-state index < -0.39 is 0 Å². The second-order valence-corrected chi connectivity index (χ2v) is 4.55. The van der Waals surface area contributed by atoms with Gasteiger partial charge in [-0.1, -0.05) is 18.5 Å². The highest BCUT2D eigenvalue weighted by atomic mass is 35.5. The minimum Gasteiger partial charge on any atom is -0.312 e. The Balaban J connectivity index is 3.10. The maximum Gasteiger partial charge on any atom is 0.261 e. The van der Waals surface area contributed by atoms with E-state index in [2.05, 4.69) is 4.98 Å². The first-order valence-corrected chi connectivity index (χ1v) is 6.46. The van der Waals surface area contributed by atoms with E-state index in [-0.39, 0.29) is 16.8 Å². The Hall–Kier alpha value is -1.68. The third-order valence-electron chi connectivity index (χ3n) is 2.52. The predicted molar refractivity (Wildman–Crippen MR) is 75.0 cm³/mol. The van der Waals surface area contributed by atoms with E-state index in [0.29, 0.717) is 17.8 Å². The molecule has 0 N–H and O–H groups in total. The van der Waals surface area contributed by atoms with Gasteiger partial charge in [-0.2, -0.15) is 0 Å². The summed E-state index contributed by atoms with van der Waals surface area (Å²) in [5.41, 5.74) is 0.952. The molecule has 0 spiro atoms. The molecule has 102 valence electrons. The van der Waals surface area contributed by atoms with Crippen molar-refractivity contribution in [2.45, 2.75) is 27.2 Å². The molecule has 0 atom stereocenters. The maximum absolute atomic E-state index is 12.4. The Labute approximate surface area is 118 Å². The van der Waals surface area contributed by atoms with Crippen LogP contribution in [-0.2, 0) is 4.79 Å². The van der Waals surface area contributed by atoms with E-state index in [1.807, 2.05) is 6.92 Å². The highest BCUT2D eigenvalue weighted by Crippen LogP contribution is 2.17. The van der Waals surface area contributed by atoms with Crippen LogP contribution in [0, 0.1) is 0 Å². The topological polar surface area (TPSA) is 50.3 Å². The number of allylic oxidation sites excluding steroid dienone is 2. The van der Waals surface area contributed by atoms with Crippen molar-refractivity contribution < 1.29 is 9.59 Å². The van der Waals surface area contributed by atoms with Crippen molar-refractivity contribution in [3.63, 3.8) is 0 Å². The normalized spacial score (nSPS) is 11.3. The van der Waals surface area contributed by atoms with E-state index in [1.165, 1.54) is 19.2 Å². The first-order chi connectivity index (χ1) is 8.97. The zero-order chi connectivity index (χ0) is 14.4. The van der Waals surface area contributed by atoms with E-state index in [4.69, 9.17) is 11.6 Å². The van der Waals surface area contributed by atoms with Gasteiger partial charge in [0.15, 0.2) is 5.78 Å². The van der Waals surface area contributed by atoms with Crippen LogP contribution in [0.4, 0.5) is 0 Å². The van der Waals surface area contributed by atoms with Gasteiger partial charge in [0.05, 0.1) is 5.56 Å². The second-order valence-electron chi connectivity index (χ2n) is 4.19. The number of rotatable bonds is 5. The lowest BCUT2D eigenvalue weighted by Crippen LogP contribution is -2.30. The Morgan fingerprint density at radius 1 is 1.42 bits per heavy atom. The zero-order valence-electron chi connectivity index (χ0n) is 11.3. The van der Waals surface area contributed by atoms with E-state index >= 15 is 0 Å². The number of amides is 1. The molecule has 0 aliphatic heterocycles. The van der Waals surface area contributed by atoms with E-state index in [0.717, 1.165) is 6.42 Å². The van der Waals surface area contributed by atoms with Crippen molar-refractivity contribution in [1.29, 1.82) is 0 Å². The minimum absolute atomic E-state index is 0.0938. The summed E-state index contributed by atoms with van der Waals surface area (Å²) in [6, 6.07) is 3.29. The largest absolute Gasteiger partial charge is 0.312 e. The molecule has 0 aliphatic rings. The lowest BCUT2D eigenvalue weighted by atomic mass is 10.2. The molecule has 1 aromatic rings. The standard InChI is InChI=1S/C14H17ClN2O2/c1-4-8-17(10(2)9-11(3)18)14(19)12-6-5-7-16-13(12)15/h5-7,9H,4,8H2,1-3H3/b10-9+. The molecule has 0 saturated heterocycles. The number of pyridine rings is 1. The average Bonchev–Trinajstić information content (AvgIpc) is 2.34. The molecule has 1 aromatic heterocycles. The van der Waals surface area contributed by atoms with Crippen LogP contribution < -0.4 is 0 Å². The van der Waals surface area contributed by atoms with Gasteiger partial charge in [0, 0.05) is 24.5 Å². The summed E-state index contributed by atoms with van der Waals surface area (Å²) in [4.78, 5) is 29.0. The Bertz CT molecular complexity index is 512. The van der Waals surface area contributed by atoms with Crippen molar-refractivity contribution in [2.75, 3.05) is 6.54 Å². The number of aromatic nitrogens is 1. The Morgan fingerprint density at radius 2 is 2.11 bits per heavy atom. The smallest absolute Gasteiger partial charge is 0.261 e. The zero-order valence-corrected chi connectivity index (χ0v) is 12.1. The highest BCUT2D eigenvalue weighted by Gasteiger charge is 2.19. The van der Waals surface area contributed by atoms with Crippen molar-refractivity contribution in [3.8, 4) is 0 Å². The Morgan fingerprint density at radius 3 is 2.63 bits per heavy atom. The molecular weight excluding hydrogens is 264 g/mol. The second kappa shape index (κ2) is 7.04. The van der Waals surface area contributed by atoms with Gasteiger partial charge < -0.3 is 4.90 Å². The van der Waals surface area contributed by atoms with Crippen LogP contribution in [0.1, 0.15) is 37.6 Å². The highest BCUT2D eigenvalue weighted by molar-refractivity contribution is 6.32. The summed E-state index contributed by atoms with van der Waals surface area (Å²) in [5, 5.41) is 0.171. The number of hydrogen-bond donors (Lipinski definition) is 0. The number of halogens is 1. The molecule has 5 heteroatoms. The van der Waals surface area contributed by atoms with Crippen LogP contribution in [0.2, 0.25) is 5.15 Å². The first-order valence-electron chi connectivity index (χ1n) is 6.08. The fourth-order valence-electron chi connectivity index (χ4n) is 1.72. The molecule has 0 radical (unpaired) electrons. The average molecular weight is 281 g/mol. The van der Waals surface area contributed by atoms with Crippen LogP contribution in [-0.4, -0.2) is 28.1 Å². The van der Waals surface area contributed by atoms with Crippen molar-refractivity contribution >= 4 is 23.3 Å². The predicted octanol–water partition coefficient (Wildman–Crippen LogP) is 3.08. The molecule has 0 unspecified atom stereocenters. The molecule has 4 nitrogen and oxygen atoms in total. The van der Waals surface area contributed by atoms with Gasteiger partial charge in [-0.3, -0.25) is 9.59 Å². The fraction of sp³-hybridized carbons (Fsp3) is 0.357. The summed E-state index contributed by atoms with van der Waals surface area (Å²) in [6.45, 7) is 5.68. The summed E-state index contributed by atoms with van der Waals surface area (Å²) in [7, 11) is 0. The molecule has 0 saturated carbocycles. The van der Waals surface area contributed by atoms with Crippen molar-refractivity contribution in [3.05, 3.63) is 40.8 Å². The van der Waals surface area contributed by atoms with Gasteiger partial charge in [-0.05, 0) is 32.4 Å². The van der Waals surface area contributed by atoms with Gasteiger partial charge in [0.1, 0.15) is 5.15 Å². The lowest BCUT2D eigenvalue weighted by Gasteiger charge is -2.23. The summed E-state index contributed by atoms with van der Waals surface area (Å²) in [6.07, 6.45) is 3.76. The Kier molecular flexibility index (Phi) is 5.70. The van der Waals surface area contributed by atoms with Crippen LogP contribution in [0.5, 0.6) is 0 Å². The van der Waals surface area contributed by atoms with Gasteiger partial charge in [-0.15, -0.1) is 0 Å². The maximum atomic E-state index is 12.4. The molecule has 0 fully saturated rings. The first kappa shape index (κ1) is 15.4. The summed E-state index contributed by atoms with van der Waals surface area (Å²) < 4.78 is 0. The SMILES string of the molecule is CCCN(C(=O)c1cccnc1Cl)/C(C)=C/C(C)=O. The molecule has 1 rings (SSSR count). The third-order valence-corrected chi connectivity index (χ3v) is 2.82. The lowest BCUT2D eigenvalue weighted by molar-refractivity contribution is -0.112. The molecule has 1 heterocycles. The molecule has 0 aliphatic carbocycles. The van der Waals surface area contributed by atoms with Crippen LogP contribution in [0.3, 0.4) is 0 Å². The minimum atomic E-state index is -0.241. The molecule has 0 aromatic carbocycles. The van der Waals surface area contributed by atoms with Crippen molar-refractivity contribution in [1.82, 2.24) is 9.88 Å². The molecular formula is C14H17ClN2O2. The number of nitrogens with zero attached hydrogens (tertiary/aromatic N) is 2. The van der Waals surface area contributed by atoms with Crippen LogP contribution in [0.25, 0.3) is 0 Å². The van der Waals surface area contributed by atoms with E-state index in [9.17, 15) is 9.59 Å². The van der Waals surface area contributed by atoms with Gasteiger partial charge in [-0.25, -0.2) is 4.98 Å². The van der Waals surface area contributed by atoms with E-state index in [1.54, 1.807) is 24.0 Å². The quantitative estimate of drug-likeness (QED) is 0.615.